The Morgan fingerprint density at radius 3 is 2.79 bits per heavy atom. The average molecular weight is 399 g/mol. The zero-order chi connectivity index (χ0) is 19.7. The van der Waals surface area contributed by atoms with Crippen LogP contribution in [0.2, 0.25) is 0 Å². The molecule has 4 rings (SSSR count). The van der Waals surface area contributed by atoms with Crippen molar-refractivity contribution < 1.29 is 9.18 Å². The third kappa shape index (κ3) is 3.60. The lowest BCUT2D eigenvalue weighted by Gasteiger charge is -2.07. The summed E-state index contributed by atoms with van der Waals surface area (Å²) in [5.74, 6) is -0.569. The largest absolute Gasteiger partial charge is 0.353 e. The van der Waals surface area contributed by atoms with Gasteiger partial charge in [-0.05, 0) is 31.2 Å². The number of rotatable bonds is 5. The van der Waals surface area contributed by atoms with E-state index in [1.807, 2.05) is 0 Å². The number of amides is 1. The molecule has 9 nitrogen and oxygen atoms in total. The van der Waals surface area contributed by atoms with Crippen molar-refractivity contribution in [3.63, 3.8) is 0 Å². The first kappa shape index (κ1) is 17.8. The number of anilines is 3. The Morgan fingerprint density at radius 1 is 1.29 bits per heavy atom. The Morgan fingerprint density at radius 2 is 2.07 bits per heavy atom. The van der Waals surface area contributed by atoms with Gasteiger partial charge in [-0.15, -0.1) is 16.4 Å². The highest BCUT2D eigenvalue weighted by Gasteiger charge is 2.16. The molecule has 142 valence electrons. The van der Waals surface area contributed by atoms with E-state index in [1.165, 1.54) is 40.0 Å². The van der Waals surface area contributed by atoms with Crippen LogP contribution >= 0.6 is 11.3 Å². The minimum absolute atomic E-state index is 0.221. The molecule has 0 saturated carbocycles. The van der Waals surface area contributed by atoms with E-state index in [1.54, 1.807) is 24.6 Å². The molecule has 0 spiro atoms. The van der Waals surface area contributed by atoms with Crippen LogP contribution in [0.25, 0.3) is 5.65 Å². The van der Waals surface area contributed by atoms with E-state index in [2.05, 4.69) is 25.7 Å². The van der Waals surface area contributed by atoms with Crippen molar-refractivity contribution in [1.29, 1.82) is 0 Å². The van der Waals surface area contributed by atoms with Crippen LogP contribution in [0.15, 0.2) is 46.7 Å². The fraction of sp³-hybridized carbons (Fsp3) is 0.118. The predicted octanol–water partition coefficient (Wildman–Crippen LogP) is 2.18. The van der Waals surface area contributed by atoms with E-state index in [-0.39, 0.29) is 18.3 Å². The van der Waals surface area contributed by atoms with Gasteiger partial charge in [0.2, 0.25) is 11.9 Å². The minimum atomic E-state index is -0.526. The van der Waals surface area contributed by atoms with Crippen LogP contribution in [0, 0.1) is 12.7 Å². The Bertz CT molecular complexity index is 1200. The molecule has 0 fully saturated rings. The Balaban J connectivity index is 1.66. The van der Waals surface area contributed by atoms with Crippen molar-refractivity contribution >= 4 is 39.7 Å². The molecule has 2 N–H and O–H groups in total. The summed E-state index contributed by atoms with van der Waals surface area (Å²) < 4.78 is 15.4. The van der Waals surface area contributed by atoms with Crippen LogP contribution in [-0.4, -0.2) is 30.1 Å². The number of nitrogens with one attached hydrogen (secondary N) is 2. The van der Waals surface area contributed by atoms with Crippen molar-refractivity contribution in [3.8, 4) is 0 Å². The van der Waals surface area contributed by atoms with E-state index in [0.717, 1.165) is 4.68 Å². The van der Waals surface area contributed by atoms with Gasteiger partial charge in [-0.3, -0.25) is 4.79 Å². The number of fused-ring (bicyclic) bond motifs is 1. The third-order valence-corrected chi connectivity index (χ3v) is 4.46. The molecule has 0 bridgehead atoms. The first-order chi connectivity index (χ1) is 13.5. The molecule has 0 saturated heterocycles. The summed E-state index contributed by atoms with van der Waals surface area (Å²) in [6, 6.07) is 7.28. The van der Waals surface area contributed by atoms with Gasteiger partial charge in [-0.2, -0.15) is 0 Å². The molecule has 11 heteroatoms. The Hall–Kier alpha value is -3.60. The summed E-state index contributed by atoms with van der Waals surface area (Å²) in [5.41, 5.74) is 0.994. The summed E-state index contributed by atoms with van der Waals surface area (Å²) in [5, 5.41) is 12.0. The van der Waals surface area contributed by atoms with Gasteiger partial charge in [0.1, 0.15) is 12.4 Å². The number of benzene rings is 1. The number of nitrogens with zero attached hydrogens (tertiary/aromatic N) is 5. The number of thiazole rings is 1. The number of hydrogen-bond acceptors (Lipinski definition) is 7. The van der Waals surface area contributed by atoms with Crippen molar-refractivity contribution in [1.82, 2.24) is 24.1 Å². The predicted molar refractivity (Wildman–Crippen MR) is 102 cm³/mol. The fourth-order valence-electron chi connectivity index (χ4n) is 2.58. The average Bonchev–Trinajstić information content (AvgIpc) is 3.25. The SMILES string of the molecule is Cc1cc2nn(CC(=O)Nc3nccs3)c(=O)n2c(Nc2ccc(F)cc2)n1. The smallest absolute Gasteiger partial charge is 0.325 e. The quantitative estimate of drug-likeness (QED) is 0.533. The van der Waals surface area contributed by atoms with Gasteiger partial charge in [-0.25, -0.2) is 28.2 Å². The zero-order valence-electron chi connectivity index (χ0n) is 14.6. The number of hydrogen-bond donors (Lipinski definition) is 2. The van der Waals surface area contributed by atoms with Crippen LogP contribution in [-0.2, 0) is 11.3 Å². The second kappa shape index (κ2) is 7.19. The molecular formula is C17H14FN7O2S. The first-order valence-electron chi connectivity index (χ1n) is 8.19. The molecule has 0 radical (unpaired) electrons. The Kier molecular flexibility index (Phi) is 4.57. The van der Waals surface area contributed by atoms with Crippen molar-refractivity contribution in [2.45, 2.75) is 13.5 Å². The molecule has 0 atom stereocenters. The zero-order valence-corrected chi connectivity index (χ0v) is 15.4. The molecular weight excluding hydrogens is 385 g/mol. The molecule has 3 heterocycles. The molecule has 1 aromatic carbocycles. The highest BCUT2D eigenvalue weighted by Crippen LogP contribution is 2.16. The summed E-state index contributed by atoms with van der Waals surface area (Å²) in [4.78, 5) is 33.2. The highest BCUT2D eigenvalue weighted by molar-refractivity contribution is 7.13. The van der Waals surface area contributed by atoms with Gasteiger partial charge >= 0.3 is 5.69 Å². The fourth-order valence-corrected chi connectivity index (χ4v) is 3.13. The van der Waals surface area contributed by atoms with E-state index in [4.69, 9.17) is 0 Å². The number of aromatic nitrogens is 5. The lowest BCUT2D eigenvalue weighted by Crippen LogP contribution is -2.28. The third-order valence-electron chi connectivity index (χ3n) is 3.77. The van der Waals surface area contributed by atoms with Gasteiger partial charge < -0.3 is 10.6 Å². The molecule has 0 aliphatic carbocycles. The second-order valence-corrected chi connectivity index (χ2v) is 6.77. The van der Waals surface area contributed by atoms with Crippen LogP contribution in [0.1, 0.15) is 5.69 Å². The molecule has 0 aliphatic rings. The maximum atomic E-state index is 13.1. The normalized spacial score (nSPS) is 10.9. The summed E-state index contributed by atoms with van der Waals surface area (Å²) in [6.45, 7) is 1.49. The van der Waals surface area contributed by atoms with Crippen LogP contribution in [0.4, 0.5) is 21.2 Å². The second-order valence-electron chi connectivity index (χ2n) is 5.87. The van der Waals surface area contributed by atoms with Gasteiger partial charge in [0.25, 0.3) is 0 Å². The first-order valence-corrected chi connectivity index (χ1v) is 9.07. The lowest BCUT2D eigenvalue weighted by atomic mass is 10.3. The molecule has 4 aromatic rings. The van der Waals surface area contributed by atoms with Gasteiger partial charge in [0.15, 0.2) is 10.8 Å². The van der Waals surface area contributed by atoms with Gasteiger partial charge in [-0.1, -0.05) is 0 Å². The minimum Gasteiger partial charge on any atom is -0.325 e. The van der Waals surface area contributed by atoms with Crippen molar-refractivity contribution in [2.24, 2.45) is 0 Å². The van der Waals surface area contributed by atoms with Crippen LogP contribution < -0.4 is 16.3 Å². The lowest BCUT2D eigenvalue weighted by molar-refractivity contribution is -0.117. The van der Waals surface area contributed by atoms with E-state index in [9.17, 15) is 14.0 Å². The summed E-state index contributed by atoms with van der Waals surface area (Å²) >= 11 is 1.27. The van der Waals surface area contributed by atoms with Gasteiger partial charge in [0, 0.05) is 29.0 Å². The van der Waals surface area contributed by atoms with E-state index in [0.29, 0.717) is 22.2 Å². The standard InChI is InChI=1S/C17H14FN7O2S/c1-10-8-13-23-24(9-14(26)22-16-19-6-7-28-16)17(27)25(13)15(20-10)21-12-4-2-11(18)3-5-12/h2-8H,9H2,1H3,(H,20,21)(H,19,22,26). The van der Waals surface area contributed by atoms with E-state index >= 15 is 0 Å². The monoisotopic (exact) mass is 399 g/mol. The Labute approximate surface area is 161 Å². The molecule has 28 heavy (non-hydrogen) atoms. The molecule has 0 aliphatic heterocycles. The maximum absolute atomic E-state index is 13.1. The highest BCUT2D eigenvalue weighted by atomic mass is 32.1. The number of carbonyl (C=O) groups is 1. The van der Waals surface area contributed by atoms with E-state index < -0.39 is 11.6 Å². The number of aryl methyl sites for hydroxylation is 1. The summed E-state index contributed by atoms with van der Waals surface area (Å²) in [7, 11) is 0. The molecule has 1 amide bonds. The molecule has 0 unspecified atom stereocenters. The maximum Gasteiger partial charge on any atom is 0.353 e. The van der Waals surface area contributed by atoms with Gasteiger partial charge in [0.05, 0.1) is 0 Å². The van der Waals surface area contributed by atoms with Crippen molar-refractivity contribution in [2.75, 3.05) is 10.6 Å². The van der Waals surface area contributed by atoms with Crippen LogP contribution in [0.5, 0.6) is 0 Å². The topological polar surface area (TPSA) is 106 Å². The summed E-state index contributed by atoms with van der Waals surface area (Å²) in [6.07, 6.45) is 1.57. The number of carbonyl (C=O) groups excluding carboxylic acids is 1. The van der Waals surface area contributed by atoms with Crippen LogP contribution in [0.3, 0.4) is 0 Å². The number of halogens is 1. The molecule has 3 aromatic heterocycles. The van der Waals surface area contributed by atoms with Crippen molar-refractivity contribution in [3.05, 3.63) is 63.9 Å².